The zero-order chi connectivity index (χ0) is 18.1. The van der Waals surface area contributed by atoms with Crippen molar-refractivity contribution in [1.29, 1.82) is 0 Å². The Labute approximate surface area is 159 Å². The number of aldehydes is 1. The highest BCUT2D eigenvalue weighted by molar-refractivity contribution is 5.88. The summed E-state index contributed by atoms with van der Waals surface area (Å²) in [6.45, 7) is 2.18. The minimum atomic E-state index is 0.564. The van der Waals surface area contributed by atoms with Gasteiger partial charge in [0.05, 0.1) is 5.69 Å². The molecule has 0 radical (unpaired) electrons. The quantitative estimate of drug-likeness (QED) is 0.528. The fourth-order valence-electron chi connectivity index (χ4n) is 6.33. The minimum absolute atomic E-state index is 0.564. The monoisotopic (exact) mass is 353 g/mol. The van der Waals surface area contributed by atoms with Crippen LogP contribution in [0.3, 0.4) is 0 Å². The Bertz CT molecular complexity index is 1060. The van der Waals surface area contributed by atoms with Gasteiger partial charge >= 0.3 is 0 Å². The molecule has 2 fully saturated rings. The summed E-state index contributed by atoms with van der Waals surface area (Å²) in [5, 5.41) is 0. The van der Waals surface area contributed by atoms with E-state index in [1.54, 1.807) is 0 Å². The number of hydrogen-bond acceptors (Lipinski definition) is 1. The van der Waals surface area contributed by atoms with E-state index in [9.17, 15) is 4.79 Å². The van der Waals surface area contributed by atoms with E-state index in [0.29, 0.717) is 11.8 Å². The molecule has 27 heavy (non-hydrogen) atoms. The van der Waals surface area contributed by atoms with Gasteiger partial charge in [-0.25, -0.2) is 0 Å². The smallest absolute Gasteiger partial charge is 0.167 e. The third kappa shape index (κ3) is 1.99. The van der Waals surface area contributed by atoms with Gasteiger partial charge in [-0.3, -0.25) is 4.79 Å². The van der Waals surface area contributed by atoms with E-state index < -0.39 is 0 Å². The van der Waals surface area contributed by atoms with E-state index in [1.165, 1.54) is 41.8 Å². The van der Waals surface area contributed by atoms with Crippen LogP contribution < -0.4 is 0 Å². The highest BCUT2D eigenvalue weighted by Gasteiger charge is 2.52. The molecule has 4 unspecified atom stereocenters. The molecule has 1 aliphatic heterocycles. The van der Waals surface area contributed by atoms with Crippen molar-refractivity contribution >= 4 is 6.29 Å². The molecule has 0 amide bonds. The summed E-state index contributed by atoms with van der Waals surface area (Å²) in [5.74, 6) is 2.77. The molecule has 3 aliphatic rings. The Balaban J connectivity index is 1.67. The summed E-state index contributed by atoms with van der Waals surface area (Å²) in [4.78, 5) is 12.2. The zero-order valence-electron chi connectivity index (χ0n) is 15.6. The van der Waals surface area contributed by atoms with Crippen LogP contribution in [0.15, 0.2) is 54.6 Å². The van der Waals surface area contributed by atoms with Crippen molar-refractivity contribution in [3.8, 4) is 16.8 Å². The van der Waals surface area contributed by atoms with Gasteiger partial charge in [-0.15, -0.1) is 0 Å². The molecule has 2 bridgehead atoms. The first-order valence-corrected chi connectivity index (χ1v) is 10.1. The molecule has 0 N–H and O–H groups in total. The molecule has 2 heterocycles. The number of fused-ring (bicyclic) bond motifs is 10. The van der Waals surface area contributed by atoms with Crippen molar-refractivity contribution in [2.24, 2.45) is 11.8 Å². The average molecular weight is 353 g/mol. The van der Waals surface area contributed by atoms with Gasteiger partial charge in [0.25, 0.3) is 0 Å². The fourth-order valence-corrected chi connectivity index (χ4v) is 6.33. The Hall–Kier alpha value is -2.61. The zero-order valence-corrected chi connectivity index (χ0v) is 15.6. The van der Waals surface area contributed by atoms with Crippen molar-refractivity contribution in [2.75, 3.05) is 0 Å². The fraction of sp³-hybridized carbons (Fsp3) is 0.320. The molecule has 2 heteroatoms. The molecule has 6 rings (SSSR count). The van der Waals surface area contributed by atoms with Crippen LogP contribution in [0.1, 0.15) is 58.4 Å². The number of hydrogen-bond donors (Lipinski definition) is 0. The predicted octanol–water partition coefficient (Wildman–Crippen LogP) is 5.88. The lowest BCUT2D eigenvalue weighted by Crippen LogP contribution is -2.27. The van der Waals surface area contributed by atoms with E-state index in [-0.39, 0.29) is 0 Å². The van der Waals surface area contributed by atoms with Crippen LogP contribution in [0.5, 0.6) is 0 Å². The van der Waals surface area contributed by atoms with Crippen LogP contribution >= 0.6 is 0 Å². The van der Waals surface area contributed by atoms with Gasteiger partial charge in [-0.2, -0.15) is 0 Å². The van der Waals surface area contributed by atoms with Crippen molar-refractivity contribution < 1.29 is 4.79 Å². The number of nitrogens with zero attached hydrogens (tertiary/aromatic N) is 1. The maximum atomic E-state index is 12.2. The lowest BCUT2D eigenvalue weighted by Gasteiger charge is -2.38. The second-order valence-corrected chi connectivity index (χ2v) is 8.63. The summed E-state index contributed by atoms with van der Waals surface area (Å²) in [5.41, 5.74) is 8.41. The molecule has 0 saturated heterocycles. The van der Waals surface area contributed by atoms with Gasteiger partial charge in [0.2, 0.25) is 0 Å². The topological polar surface area (TPSA) is 22.0 Å². The molecular weight excluding hydrogens is 330 g/mol. The van der Waals surface area contributed by atoms with E-state index in [4.69, 9.17) is 0 Å². The van der Waals surface area contributed by atoms with Gasteiger partial charge in [0.15, 0.2) is 6.29 Å². The maximum Gasteiger partial charge on any atom is 0.167 e. The first-order chi connectivity index (χ1) is 13.3. The summed E-state index contributed by atoms with van der Waals surface area (Å²) in [6, 6.07) is 19.5. The highest BCUT2D eigenvalue weighted by Crippen LogP contribution is 2.64. The van der Waals surface area contributed by atoms with E-state index in [0.717, 1.165) is 34.9 Å². The number of aromatic nitrogens is 1. The maximum absolute atomic E-state index is 12.2. The number of carbonyl (C=O) groups excluding carboxylic acids is 1. The van der Waals surface area contributed by atoms with Gasteiger partial charge in [0, 0.05) is 22.9 Å². The number of benzene rings is 2. The Morgan fingerprint density at radius 2 is 1.74 bits per heavy atom. The first-order valence-electron chi connectivity index (χ1n) is 10.1. The number of rotatable bonds is 2. The van der Waals surface area contributed by atoms with Crippen LogP contribution in [-0.2, 0) is 0 Å². The lowest BCUT2D eigenvalue weighted by molar-refractivity contribution is 0.111. The van der Waals surface area contributed by atoms with Crippen LogP contribution in [0.4, 0.5) is 0 Å². The lowest BCUT2D eigenvalue weighted by atomic mass is 9.71. The number of carbonyl (C=O) groups is 1. The summed E-state index contributed by atoms with van der Waals surface area (Å²) in [7, 11) is 0. The molecule has 2 aromatic carbocycles. The summed E-state index contributed by atoms with van der Waals surface area (Å²) in [6.07, 6.45) is 5.12. The van der Waals surface area contributed by atoms with Crippen LogP contribution in [0, 0.1) is 18.8 Å². The molecular formula is C25H23NO. The molecule has 0 spiro atoms. The van der Waals surface area contributed by atoms with Crippen molar-refractivity contribution in [3.05, 3.63) is 77.1 Å². The van der Waals surface area contributed by atoms with Crippen LogP contribution in [-0.4, -0.2) is 10.9 Å². The second-order valence-electron chi connectivity index (χ2n) is 8.63. The van der Waals surface area contributed by atoms with Crippen LogP contribution in [0.25, 0.3) is 16.8 Å². The molecule has 134 valence electrons. The van der Waals surface area contributed by atoms with Crippen molar-refractivity contribution in [2.45, 2.75) is 38.0 Å². The predicted molar refractivity (Wildman–Crippen MR) is 108 cm³/mol. The molecule has 2 nitrogen and oxygen atoms in total. The summed E-state index contributed by atoms with van der Waals surface area (Å²) >= 11 is 0. The second kappa shape index (κ2) is 5.45. The normalized spacial score (nSPS) is 27.1. The third-order valence-corrected chi connectivity index (χ3v) is 7.30. The minimum Gasteiger partial charge on any atom is -0.310 e. The number of aryl methyl sites for hydroxylation is 1. The van der Waals surface area contributed by atoms with E-state index >= 15 is 0 Å². The van der Waals surface area contributed by atoms with E-state index in [1.807, 2.05) is 6.07 Å². The Kier molecular flexibility index (Phi) is 3.12. The Morgan fingerprint density at radius 3 is 2.52 bits per heavy atom. The molecule has 2 aliphatic carbocycles. The Morgan fingerprint density at radius 1 is 0.963 bits per heavy atom. The SMILES string of the molecule is Cc1ccc2c(c1)C1C3CCC(C3)C1c1cc(-c3ccccc3)c(C=O)n1-2. The van der Waals surface area contributed by atoms with Crippen molar-refractivity contribution in [1.82, 2.24) is 4.57 Å². The largest absolute Gasteiger partial charge is 0.310 e. The van der Waals surface area contributed by atoms with Gasteiger partial charge in [-0.1, -0.05) is 48.0 Å². The van der Waals surface area contributed by atoms with Gasteiger partial charge < -0.3 is 4.57 Å². The molecule has 2 saturated carbocycles. The van der Waals surface area contributed by atoms with E-state index in [2.05, 4.69) is 60.0 Å². The molecule has 1 aromatic heterocycles. The summed E-state index contributed by atoms with van der Waals surface area (Å²) < 4.78 is 2.28. The average Bonchev–Trinajstić information content (AvgIpc) is 3.41. The first kappa shape index (κ1) is 15.4. The van der Waals surface area contributed by atoms with Crippen molar-refractivity contribution in [3.63, 3.8) is 0 Å². The highest BCUT2D eigenvalue weighted by atomic mass is 16.1. The third-order valence-electron chi connectivity index (χ3n) is 7.30. The molecule has 3 aromatic rings. The van der Waals surface area contributed by atoms with Gasteiger partial charge in [-0.05, 0) is 67.2 Å². The standard InChI is InChI=1S/C25H23NO/c1-15-7-10-21-20(11-15)24-17-8-9-18(12-17)25(24)22-13-19(23(14-27)26(21)22)16-5-3-2-4-6-16/h2-7,10-11,13-14,17-18,24-25H,8-9,12H2,1H3. The molecule has 4 atom stereocenters. The van der Waals surface area contributed by atoms with Crippen LogP contribution in [0.2, 0.25) is 0 Å². The van der Waals surface area contributed by atoms with Gasteiger partial charge in [0.1, 0.15) is 0 Å².